The number of rotatable bonds is 7. The van der Waals surface area contributed by atoms with Crippen LogP contribution < -0.4 is 10.6 Å². The third-order valence-electron chi connectivity index (χ3n) is 3.61. The second kappa shape index (κ2) is 9.22. The van der Waals surface area contributed by atoms with Gasteiger partial charge in [0, 0.05) is 31.1 Å². The first kappa shape index (κ1) is 19.0. The van der Waals surface area contributed by atoms with Gasteiger partial charge in [-0.05, 0) is 19.4 Å². The number of guanidine groups is 1. The van der Waals surface area contributed by atoms with Gasteiger partial charge in [0.15, 0.2) is 5.96 Å². The molecule has 7 nitrogen and oxygen atoms in total. The van der Waals surface area contributed by atoms with Gasteiger partial charge in [-0.3, -0.25) is 4.99 Å². The first-order valence-corrected chi connectivity index (χ1v) is 8.94. The molecule has 2 heterocycles. The zero-order chi connectivity index (χ0) is 18.2. The zero-order valence-electron chi connectivity index (χ0n) is 15.0. The van der Waals surface area contributed by atoms with Crippen molar-refractivity contribution >= 4 is 23.3 Å². The average Bonchev–Trinajstić information content (AvgIpc) is 3.23. The molecule has 0 bridgehead atoms. The predicted octanol–water partition coefficient (Wildman–Crippen LogP) is 2.30. The Hall–Kier alpha value is -2.35. The zero-order valence-corrected chi connectivity index (χ0v) is 15.8. The molecule has 0 saturated carbocycles. The molecule has 0 atom stereocenters. The van der Waals surface area contributed by atoms with Crippen LogP contribution >= 0.6 is 11.3 Å². The molecular weight excluding hydrogens is 340 g/mol. The molecule has 136 valence electrons. The van der Waals surface area contributed by atoms with Gasteiger partial charge in [0.2, 0.25) is 0 Å². The summed E-state index contributed by atoms with van der Waals surface area (Å²) in [5, 5.41) is 7.52. The first-order chi connectivity index (χ1) is 12.1. The van der Waals surface area contributed by atoms with Gasteiger partial charge in [-0.2, -0.15) is 0 Å². The second-order valence-electron chi connectivity index (χ2n) is 5.35. The smallest absolute Gasteiger partial charge is 0.341 e. The lowest BCUT2D eigenvalue weighted by atomic mass is 10.2. The van der Waals surface area contributed by atoms with Crippen LogP contribution in [0.5, 0.6) is 0 Å². The van der Waals surface area contributed by atoms with Gasteiger partial charge in [-0.15, -0.1) is 11.3 Å². The van der Waals surface area contributed by atoms with Crippen molar-refractivity contribution in [1.29, 1.82) is 0 Å². The molecule has 0 radical (unpaired) electrons. The lowest BCUT2D eigenvalue weighted by Crippen LogP contribution is -2.37. The Balaban J connectivity index is 1.81. The highest BCUT2D eigenvalue weighted by Crippen LogP contribution is 2.15. The third-order valence-corrected chi connectivity index (χ3v) is 4.81. The number of aryl methyl sites for hydroxylation is 2. The Morgan fingerprint density at radius 2 is 2.24 bits per heavy atom. The van der Waals surface area contributed by atoms with Crippen molar-refractivity contribution in [3.8, 4) is 0 Å². The number of carbonyl (C=O) groups is 1. The number of esters is 1. The van der Waals surface area contributed by atoms with E-state index in [9.17, 15) is 4.79 Å². The summed E-state index contributed by atoms with van der Waals surface area (Å²) in [7, 11) is 3.06. The lowest BCUT2D eigenvalue weighted by Gasteiger charge is -2.10. The number of ether oxygens (including phenoxy) is 1. The maximum Gasteiger partial charge on any atom is 0.341 e. The monoisotopic (exact) mass is 364 g/mol. The Morgan fingerprint density at radius 1 is 1.44 bits per heavy atom. The Labute approximate surface area is 151 Å². The topological polar surface area (TPSA) is 88.8 Å². The summed E-state index contributed by atoms with van der Waals surface area (Å²) in [5.74, 6) is 1.46. The maximum atomic E-state index is 11.6. The van der Waals surface area contributed by atoms with E-state index in [0.717, 1.165) is 24.4 Å². The van der Waals surface area contributed by atoms with Crippen LogP contribution in [0.4, 0.5) is 0 Å². The summed E-state index contributed by atoms with van der Waals surface area (Å²) in [6.45, 7) is 5.03. The van der Waals surface area contributed by atoms with Crippen LogP contribution in [0, 0.1) is 6.92 Å². The van der Waals surface area contributed by atoms with Crippen molar-refractivity contribution < 1.29 is 13.9 Å². The van der Waals surface area contributed by atoms with Crippen LogP contribution in [0.1, 0.15) is 38.7 Å². The largest absolute Gasteiger partial charge is 0.465 e. The first-order valence-electron chi connectivity index (χ1n) is 8.13. The van der Waals surface area contributed by atoms with E-state index in [-0.39, 0.29) is 0 Å². The van der Waals surface area contributed by atoms with E-state index in [1.54, 1.807) is 31.4 Å². The number of hydrogen-bond acceptors (Lipinski definition) is 6. The van der Waals surface area contributed by atoms with Gasteiger partial charge in [0.1, 0.15) is 17.1 Å². The number of furan rings is 1. The molecule has 2 aromatic rings. The molecule has 0 aromatic carbocycles. The Bertz CT molecular complexity index is 736. The molecule has 0 aliphatic rings. The van der Waals surface area contributed by atoms with Gasteiger partial charge in [-0.25, -0.2) is 9.78 Å². The highest BCUT2D eigenvalue weighted by Gasteiger charge is 2.15. The minimum absolute atomic E-state index is 0.398. The van der Waals surface area contributed by atoms with Crippen LogP contribution in [-0.2, 0) is 24.1 Å². The standard InChI is InChI=1S/C17H24N4O3S/c1-5-13-10-20-15(25-13)6-7-19-17(18-3)21-9-12-8-14(11(2)24-12)16(22)23-4/h8,10H,5-7,9H2,1-4H3,(H2,18,19,21). The number of aliphatic imine (C=N–C) groups is 1. The lowest BCUT2D eigenvalue weighted by molar-refractivity contribution is 0.0599. The van der Waals surface area contributed by atoms with E-state index < -0.39 is 5.97 Å². The van der Waals surface area contributed by atoms with E-state index in [2.05, 4.69) is 27.5 Å². The van der Waals surface area contributed by atoms with Gasteiger partial charge in [0.25, 0.3) is 0 Å². The third kappa shape index (κ3) is 5.32. The molecule has 0 saturated heterocycles. The quantitative estimate of drug-likeness (QED) is 0.445. The fourth-order valence-electron chi connectivity index (χ4n) is 2.25. The van der Waals surface area contributed by atoms with Crippen molar-refractivity contribution in [2.24, 2.45) is 4.99 Å². The van der Waals surface area contributed by atoms with Gasteiger partial charge < -0.3 is 19.8 Å². The van der Waals surface area contributed by atoms with Crippen LogP contribution in [0.2, 0.25) is 0 Å². The van der Waals surface area contributed by atoms with E-state index in [1.165, 1.54) is 12.0 Å². The molecule has 2 aromatic heterocycles. The molecule has 2 rings (SSSR count). The minimum atomic E-state index is -0.398. The van der Waals surface area contributed by atoms with E-state index in [1.807, 2.05) is 6.20 Å². The Kier molecular flexibility index (Phi) is 7.00. The van der Waals surface area contributed by atoms with Crippen LogP contribution in [0.25, 0.3) is 0 Å². The second-order valence-corrected chi connectivity index (χ2v) is 6.55. The van der Waals surface area contributed by atoms with Crippen LogP contribution in [-0.4, -0.2) is 37.6 Å². The molecule has 0 spiro atoms. The van der Waals surface area contributed by atoms with Crippen molar-refractivity contribution in [2.45, 2.75) is 33.2 Å². The molecule has 0 unspecified atom stereocenters. The molecule has 0 amide bonds. The van der Waals surface area contributed by atoms with Crippen LogP contribution in [0.15, 0.2) is 21.7 Å². The fraction of sp³-hybridized carbons (Fsp3) is 0.471. The summed E-state index contributed by atoms with van der Waals surface area (Å²) in [6.07, 6.45) is 3.80. The highest BCUT2D eigenvalue weighted by atomic mass is 32.1. The van der Waals surface area contributed by atoms with Crippen LogP contribution in [0.3, 0.4) is 0 Å². The van der Waals surface area contributed by atoms with Crippen molar-refractivity contribution in [3.63, 3.8) is 0 Å². The maximum absolute atomic E-state index is 11.6. The Morgan fingerprint density at radius 3 is 2.88 bits per heavy atom. The number of thiazole rings is 1. The number of nitrogens with one attached hydrogen (secondary N) is 2. The van der Waals surface area contributed by atoms with E-state index in [4.69, 9.17) is 9.15 Å². The summed E-state index contributed by atoms with van der Waals surface area (Å²) in [6, 6.07) is 1.68. The molecule has 8 heteroatoms. The summed E-state index contributed by atoms with van der Waals surface area (Å²) in [5.41, 5.74) is 0.442. The number of methoxy groups -OCH3 is 1. The van der Waals surface area contributed by atoms with E-state index in [0.29, 0.717) is 29.6 Å². The number of aromatic nitrogens is 1. The van der Waals surface area contributed by atoms with Gasteiger partial charge in [-0.1, -0.05) is 6.92 Å². The van der Waals surface area contributed by atoms with E-state index >= 15 is 0 Å². The summed E-state index contributed by atoms with van der Waals surface area (Å²) in [4.78, 5) is 21.5. The number of carbonyl (C=O) groups excluding carboxylic acids is 1. The normalized spacial score (nSPS) is 11.4. The molecule has 25 heavy (non-hydrogen) atoms. The predicted molar refractivity (Wildman–Crippen MR) is 98.2 cm³/mol. The number of hydrogen-bond donors (Lipinski definition) is 2. The number of nitrogens with zero attached hydrogens (tertiary/aromatic N) is 2. The SMILES string of the molecule is CCc1cnc(CCNC(=NC)NCc2cc(C(=O)OC)c(C)o2)s1. The van der Waals surface area contributed by atoms with Crippen molar-refractivity contribution in [3.05, 3.63) is 39.2 Å². The molecule has 0 aliphatic carbocycles. The summed E-state index contributed by atoms with van der Waals surface area (Å²) >= 11 is 1.74. The van der Waals surface area contributed by atoms with Gasteiger partial charge in [0.05, 0.1) is 18.7 Å². The molecule has 0 fully saturated rings. The van der Waals surface area contributed by atoms with Gasteiger partial charge >= 0.3 is 5.97 Å². The summed E-state index contributed by atoms with van der Waals surface area (Å²) < 4.78 is 10.3. The van der Waals surface area contributed by atoms with Crippen molar-refractivity contribution in [1.82, 2.24) is 15.6 Å². The van der Waals surface area contributed by atoms with Crippen molar-refractivity contribution in [2.75, 3.05) is 20.7 Å². The average molecular weight is 364 g/mol. The molecular formula is C17H24N4O3S. The highest BCUT2D eigenvalue weighted by molar-refractivity contribution is 7.11. The molecule has 0 aliphatic heterocycles. The molecule has 2 N–H and O–H groups in total. The minimum Gasteiger partial charge on any atom is -0.465 e. The fourth-order valence-corrected chi connectivity index (χ4v) is 3.11.